The third-order valence-corrected chi connectivity index (χ3v) is 3.33. The molecule has 0 amide bonds. The quantitative estimate of drug-likeness (QED) is 0.795. The Hall–Kier alpha value is -0.820. The number of aliphatic hydroxyl groups excluding tert-OH is 1. The van der Waals surface area contributed by atoms with Gasteiger partial charge in [0.05, 0.1) is 6.10 Å². The lowest BCUT2D eigenvalue weighted by Gasteiger charge is -2.23. The molecule has 0 bridgehead atoms. The predicted octanol–water partition coefficient (Wildman–Crippen LogP) is 3.77. The molecule has 0 radical (unpaired) electrons. The number of hydrogen-bond acceptors (Lipinski definition) is 1. The number of aryl methyl sites for hydroxylation is 2. The third-order valence-electron chi connectivity index (χ3n) is 3.33. The summed E-state index contributed by atoms with van der Waals surface area (Å²) in [6.45, 7) is 8.44. The first-order valence-corrected chi connectivity index (χ1v) is 5.85. The van der Waals surface area contributed by atoms with Gasteiger partial charge in [0.2, 0.25) is 0 Å². The Morgan fingerprint density at radius 2 is 1.53 bits per heavy atom. The number of benzene rings is 1. The average molecular weight is 206 g/mol. The van der Waals surface area contributed by atoms with Crippen LogP contribution in [0.25, 0.3) is 0 Å². The molecule has 0 heterocycles. The van der Waals surface area contributed by atoms with Crippen molar-refractivity contribution in [3.63, 3.8) is 0 Å². The van der Waals surface area contributed by atoms with Crippen LogP contribution in [0.2, 0.25) is 0 Å². The largest absolute Gasteiger partial charge is 0.388 e. The van der Waals surface area contributed by atoms with E-state index < -0.39 is 0 Å². The van der Waals surface area contributed by atoms with Crippen LogP contribution in [0, 0.1) is 19.8 Å². The molecule has 15 heavy (non-hydrogen) atoms. The molecule has 0 aliphatic heterocycles. The van der Waals surface area contributed by atoms with Gasteiger partial charge in [-0.05, 0) is 36.5 Å². The minimum absolute atomic E-state index is 0.304. The zero-order chi connectivity index (χ0) is 11.4. The summed E-state index contributed by atoms with van der Waals surface area (Å²) >= 11 is 0. The van der Waals surface area contributed by atoms with Crippen LogP contribution in [-0.2, 0) is 0 Å². The van der Waals surface area contributed by atoms with Gasteiger partial charge in [-0.2, -0.15) is 0 Å². The van der Waals surface area contributed by atoms with Crippen molar-refractivity contribution in [3.05, 3.63) is 34.9 Å². The third kappa shape index (κ3) is 2.60. The molecule has 1 N–H and O–H groups in total. The minimum atomic E-state index is -0.304. The molecule has 0 saturated carbocycles. The van der Waals surface area contributed by atoms with Crippen LogP contribution >= 0.6 is 0 Å². The van der Waals surface area contributed by atoms with Crippen molar-refractivity contribution in [2.24, 2.45) is 5.92 Å². The van der Waals surface area contributed by atoms with Gasteiger partial charge in [0, 0.05) is 0 Å². The van der Waals surface area contributed by atoms with Gasteiger partial charge in [-0.3, -0.25) is 0 Å². The summed E-state index contributed by atoms with van der Waals surface area (Å²) in [5, 5.41) is 10.3. The topological polar surface area (TPSA) is 20.2 Å². The van der Waals surface area contributed by atoms with Crippen LogP contribution in [0.1, 0.15) is 49.5 Å². The molecule has 1 heteroatoms. The Balaban J connectivity index is 3.04. The maximum absolute atomic E-state index is 10.3. The highest BCUT2D eigenvalue weighted by Gasteiger charge is 2.20. The summed E-state index contributed by atoms with van der Waals surface area (Å²) < 4.78 is 0. The first-order valence-electron chi connectivity index (χ1n) is 5.85. The summed E-state index contributed by atoms with van der Waals surface area (Å²) in [5.74, 6) is 0.379. The van der Waals surface area contributed by atoms with E-state index in [9.17, 15) is 5.11 Å². The van der Waals surface area contributed by atoms with Crippen LogP contribution in [-0.4, -0.2) is 5.11 Å². The molecule has 0 spiro atoms. The van der Waals surface area contributed by atoms with Gasteiger partial charge in [-0.15, -0.1) is 0 Å². The van der Waals surface area contributed by atoms with E-state index >= 15 is 0 Å². The maximum atomic E-state index is 10.3. The first kappa shape index (κ1) is 12.3. The fourth-order valence-electron chi connectivity index (χ4n) is 2.26. The lowest BCUT2D eigenvalue weighted by molar-refractivity contribution is 0.102. The second kappa shape index (κ2) is 5.32. The normalized spacial score (nSPS) is 13.2. The van der Waals surface area contributed by atoms with Gasteiger partial charge in [-0.25, -0.2) is 0 Å². The molecular weight excluding hydrogens is 184 g/mol. The number of hydrogen-bond donors (Lipinski definition) is 1. The molecule has 1 aromatic carbocycles. The highest BCUT2D eigenvalue weighted by atomic mass is 16.3. The minimum Gasteiger partial charge on any atom is -0.388 e. The fourth-order valence-corrected chi connectivity index (χ4v) is 2.26. The Morgan fingerprint density at radius 3 is 1.93 bits per heavy atom. The zero-order valence-corrected chi connectivity index (χ0v) is 10.2. The van der Waals surface area contributed by atoms with E-state index in [1.807, 2.05) is 6.07 Å². The van der Waals surface area contributed by atoms with Gasteiger partial charge in [0.25, 0.3) is 0 Å². The van der Waals surface area contributed by atoms with E-state index in [2.05, 4.69) is 39.8 Å². The van der Waals surface area contributed by atoms with E-state index in [0.717, 1.165) is 18.4 Å². The van der Waals surface area contributed by atoms with E-state index in [1.54, 1.807) is 0 Å². The average Bonchev–Trinajstić information content (AvgIpc) is 2.19. The summed E-state index contributed by atoms with van der Waals surface area (Å²) in [5.41, 5.74) is 3.54. The van der Waals surface area contributed by atoms with Crippen LogP contribution in [0.3, 0.4) is 0 Å². The molecule has 0 aliphatic carbocycles. The van der Waals surface area contributed by atoms with Crippen LogP contribution in [0.15, 0.2) is 18.2 Å². The Bertz CT molecular complexity index is 293. The van der Waals surface area contributed by atoms with E-state index in [1.165, 1.54) is 11.1 Å². The van der Waals surface area contributed by atoms with Gasteiger partial charge < -0.3 is 5.11 Å². The highest BCUT2D eigenvalue weighted by Crippen LogP contribution is 2.31. The molecule has 0 fully saturated rings. The Morgan fingerprint density at radius 1 is 1.07 bits per heavy atom. The van der Waals surface area contributed by atoms with Gasteiger partial charge >= 0.3 is 0 Å². The van der Waals surface area contributed by atoms with E-state index in [4.69, 9.17) is 0 Å². The molecule has 0 aliphatic rings. The molecule has 1 atom stereocenters. The lowest BCUT2D eigenvalue weighted by atomic mass is 9.87. The van der Waals surface area contributed by atoms with Crippen molar-refractivity contribution < 1.29 is 5.11 Å². The smallest absolute Gasteiger partial charge is 0.0823 e. The van der Waals surface area contributed by atoms with Crippen LogP contribution in [0.4, 0.5) is 0 Å². The molecule has 0 aromatic heterocycles. The number of rotatable bonds is 4. The Kier molecular flexibility index (Phi) is 4.34. The monoisotopic (exact) mass is 206 g/mol. The number of aliphatic hydroxyl groups is 1. The van der Waals surface area contributed by atoms with E-state index in [-0.39, 0.29) is 6.10 Å². The van der Waals surface area contributed by atoms with Crippen molar-refractivity contribution >= 4 is 0 Å². The standard InChI is InChI=1S/C14H22O/c1-5-12(6-2)14(15)13-10(3)8-7-9-11(13)4/h7-9,12,14-15H,5-6H2,1-4H3. The summed E-state index contributed by atoms with van der Waals surface area (Å²) in [6, 6.07) is 6.20. The molecule has 1 rings (SSSR count). The molecule has 1 aromatic rings. The summed E-state index contributed by atoms with van der Waals surface area (Å²) in [7, 11) is 0. The zero-order valence-electron chi connectivity index (χ0n) is 10.2. The first-order chi connectivity index (χ1) is 7.11. The van der Waals surface area contributed by atoms with Crippen LogP contribution < -0.4 is 0 Å². The Labute approximate surface area is 93.1 Å². The summed E-state index contributed by atoms with van der Waals surface area (Å²) in [4.78, 5) is 0. The fraction of sp³-hybridized carbons (Fsp3) is 0.571. The SMILES string of the molecule is CCC(CC)C(O)c1c(C)cccc1C. The molecule has 84 valence electrons. The lowest BCUT2D eigenvalue weighted by Crippen LogP contribution is -2.13. The van der Waals surface area contributed by atoms with Crippen molar-refractivity contribution in [2.75, 3.05) is 0 Å². The van der Waals surface area contributed by atoms with Crippen molar-refractivity contribution in [2.45, 2.75) is 46.6 Å². The van der Waals surface area contributed by atoms with Gasteiger partial charge in [0.1, 0.15) is 0 Å². The maximum Gasteiger partial charge on any atom is 0.0823 e. The van der Waals surface area contributed by atoms with E-state index in [0.29, 0.717) is 5.92 Å². The second-order valence-electron chi connectivity index (χ2n) is 4.33. The van der Waals surface area contributed by atoms with Crippen molar-refractivity contribution in [1.29, 1.82) is 0 Å². The van der Waals surface area contributed by atoms with Gasteiger partial charge in [-0.1, -0.05) is 44.9 Å². The van der Waals surface area contributed by atoms with Crippen molar-refractivity contribution in [1.82, 2.24) is 0 Å². The predicted molar refractivity (Wildman–Crippen MR) is 64.9 cm³/mol. The summed E-state index contributed by atoms with van der Waals surface area (Å²) in [6.07, 6.45) is 1.76. The molecular formula is C14H22O. The molecule has 0 saturated heterocycles. The molecule has 1 nitrogen and oxygen atoms in total. The van der Waals surface area contributed by atoms with Crippen molar-refractivity contribution in [3.8, 4) is 0 Å². The molecule has 1 unspecified atom stereocenters. The second-order valence-corrected chi connectivity index (χ2v) is 4.33. The van der Waals surface area contributed by atoms with Crippen LogP contribution in [0.5, 0.6) is 0 Å². The van der Waals surface area contributed by atoms with Gasteiger partial charge in [0.15, 0.2) is 0 Å². The highest BCUT2D eigenvalue weighted by molar-refractivity contribution is 5.35.